The van der Waals surface area contributed by atoms with Gasteiger partial charge in [0.15, 0.2) is 0 Å². The van der Waals surface area contributed by atoms with E-state index in [2.05, 4.69) is 20.3 Å². The van der Waals surface area contributed by atoms with E-state index in [4.69, 9.17) is 5.73 Å². The largest absolute Gasteiger partial charge is 0.364 e. The molecule has 0 saturated carbocycles. The van der Waals surface area contributed by atoms with Gasteiger partial charge in [-0.25, -0.2) is 9.97 Å². The van der Waals surface area contributed by atoms with Gasteiger partial charge < -0.3 is 15.6 Å². The molecule has 2 heterocycles. The number of benzene rings is 1. The number of aryl methyl sites for hydroxylation is 1. The highest BCUT2D eigenvalue weighted by Crippen LogP contribution is 2.21. The van der Waals surface area contributed by atoms with E-state index in [-0.39, 0.29) is 23.6 Å². The van der Waals surface area contributed by atoms with Crippen LogP contribution in [0.3, 0.4) is 0 Å². The number of carbonyl (C=O) groups excluding carboxylic acids is 2. The molecule has 0 bridgehead atoms. The molecule has 3 rings (SSSR count). The van der Waals surface area contributed by atoms with E-state index < -0.39 is 5.91 Å². The number of imidazole rings is 1. The number of nitrogens with two attached hydrogens (primary N) is 1. The maximum absolute atomic E-state index is 12.7. The Morgan fingerprint density at radius 2 is 1.86 bits per heavy atom. The van der Waals surface area contributed by atoms with Gasteiger partial charge in [-0.15, -0.1) is 0 Å². The van der Waals surface area contributed by atoms with Crippen molar-refractivity contribution in [3.63, 3.8) is 0 Å². The molecule has 0 radical (unpaired) electrons. The number of hydrogen-bond acceptors (Lipinski definition) is 5. The predicted octanol–water partition coefficient (Wildman–Crippen LogP) is 2.10. The summed E-state index contributed by atoms with van der Waals surface area (Å²) in [6, 6.07) is 6.73. The standard InChI is InChI=1S/C20H22N6O2/c1-12(2)17(19-23-8-9-26(19)3)25-20(28)14-6-4-13(5-7-14)15-10-22-11-16(24-15)18(21)27/h4-12,17H,1-3H3,(H2,21,27)(H,25,28)/t17-/m0/s1. The quantitative estimate of drug-likeness (QED) is 0.681. The third kappa shape index (κ3) is 4.06. The molecule has 0 aliphatic rings. The Labute approximate surface area is 162 Å². The molecule has 144 valence electrons. The van der Waals surface area contributed by atoms with Crippen LogP contribution < -0.4 is 11.1 Å². The van der Waals surface area contributed by atoms with Gasteiger partial charge in [-0.3, -0.25) is 14.6 Å². The summed E-state index contributed by atoms with van der Waals surface area (Å²) in [7, 11) is 1.90. The number of nitrogens with one attached hydrogen (secondary N) is 1. The van der Waals surface area contributed by atoms with Crippen LogP contribution in [0, 0.1) is 5.92 Å². The molecule has 28 heavy (non-hydrogen) atoms. The summed E-state index contributed by atoms with van der Waals surface area (Å²) in [5.41, 5.74) is 7.10. The molecule has 0 aliphatic carbocycles. The lowest BCUT2D eigenvalue weighted by Crippen LogP contribution is -2.33. The molecule has 8 heteroatoms. The molecule has 3 aromatic rings. The third-order valence-electron chi connectivity index (χ3n) is 4.42. The summed E-state index contributed by atoms with van der Waals surface area (Å²) in [5.74, 6) is 0.152. The van der Waals surface area contributed by atoms with Gasteiger partial charge in [0.1, 0.15) is 11.5 Å². The molecule has 0 aliphatic heterocycles. The molecule has 0 spiro atoms. The number of aromatic nitrogens is 4. The topological polar surface area (TPSA) is 116 Å². The van der Waals surface area contributed by atoms with Crippen molar-refractivity contribution in [1.82, 2.24) is 24.8 Å². The minimum atomic E-state index is -0.639. The van der Waals surface area contributed by atoms with E-state index >= 15 is 0 Å². The fourth-order valence-corrected chi connectivity index (χ4v) is 2.85. The van der Waals surface area contributed by atoms with Crippen molar-refractivity contribution >= 4 is 11.8 Å². The Kier molecular flexibility index (Phi) is 5.49. The second-order valence-corrected chi connectivity index (χ2v) is 6.82. The molecule has 0 unspecified atom stereocenters. The van der Waals surface area contributed by atoms with Crippen molar-refractivity contribution in [3.8, 4) is 11.3 Å². The van der Waals surface area contributed by atoms with Crippen LogP contribution in [-0.4, -0.2) is 31.3 Å². The number of nitrogens with zero attached hydrogens (tertiary/aromatic N) is 4. The highest BCUT2D eigenvalue weighted by atomic mass is 16.2. The van der Waals surface area contributed by atoms with Crippen LogP contribution in [0.4, 0.5) is 0 Å². The second-order valence-electron chi connectivity index (χ2n) is 6.82. The lowest BCUT2D eigenvalue weighted by Gasteiger charge is -2.22. The summed E-state index contributed by atoms with van der Waals surface area (Å²) >= 11 is 0. The Morgan fingerprint density at radius 3 is 2.43 bits per heavy atom. The zero-order chi connectivity index (χ0) is 20.3. The summed E-state index contributed by atoms with van der Waals surface area (Å²) in [6.45, 7) is 4.07. The molecule has 2 aromatic heterocycles. The van der Waals surface area contributed by atoms with Gasteiger partial charge in [-0.1, -0.05) is 26.0 Å². The third-order valence-corrected chi connectivity index (χ3v) is 4.42. The second kappa shape index (κ2) is 7.99. The molecule has 0 saturated heterocycles. The van der Waals surface area contributed by atoms with E-state index in [0.29, 0.717) is 11.3 Å². The molecule has 1 aromatic carbocycles. The van der Waals surface area contributed by atoms with Gasteiger partial charge in [0, 0.05) is 30.6 Å². The fraction of sp³-hybridized carbons (Fsp3) is 0.250. The van der Waals surface area contributed by atoms with Crippen LogP contribution in [0.25, 0.3) is 11.3 Å². The van der Waals surface area contributed by atoms with E-state index in [1.54, 1.807) is 30.5 Å². The summed E-state index contributed by atoms with van der Waals surface area (Å²) in [5, 5.41) is 3.05. The lowest BCUT2D eigenvalue weighted by molar-refractivity contribution is 0.0921. The molecular formula is C20H22N6O2. The van der Waals surface area contributed by atoms with Gasteiger partial charge in [0.05, 0.1) is 24.1 Å². The van der Waals surface area contributed by atoms with Gasteiger partial charge in [-0.2, -0.15) is 0 Å². The van der Waals surface area contributed by atoms with Crippen LogP contribution in [0.5, 0.6) is 0 Å². The number of carbonyl (C=O) groups is 2. The first kappa shape index (κ1) is 19.2. The van der Waals surface area contributed by atoms with Crippen molar-refractivity contribution in [2.24, 2.45) is 18.7 Å². The van der Waals surface area contributed by atoms with Gasteiger partial charge in [0.25, 0.3) is 11.8 Å². The minimum Gasteiger partial charge on any atom is -0.364 e. The zero-order valence-electron chi connectivity index (χ0n) is 16.0. The van der Waals surface area contributed by atoms with Crippen LogP contribution in [0.2, 0.25) is 0 Å². The first-order chi connectivity index (χ1) is 13.4. The van der Waals surface area contributed by atoms with Crippen molar-refractivity contribution in [2.75, 3.05) is 0 Å². The van der Waals surface area contributed by atoms with Gasteiger partial charge >= 0.3 is 0 Å². The Morgan fingerprint density at radius 1 is 1.14 bits per heavy atom. The number of rotatable bonds is 6. The minimum absolute atomic E-state index is 0.0918. The molecule has 2 amide bonds. The normalized spacial score (nSPS) is 12.0. The van der Waals surface area contributed by atoms with Gasteiger partial charge in [0.2, 0.25) is 0 Å². The summed E-state index contributed by atoms with van der Waals surface area (Å²) in [4.78, 5) is 36.5. The van der Waals surface area contributed by atoms with E-state index in [1.807, 2.05) is 31.7 Å². The Hall–Kier alpha value is -3.55. The Bertz CT molecular complexity index is 994. The van der Waals surface area contributed by atoms with Gasteiger partial charge in [-0.05, 0) is 18.1 Å². The van der Waals surface area contributed by atoms with E-state index in [9.17, 15) is 9.59 Å². The fourth-order valence-electron chi connectivity index (χ4n) is 2.85. The molecule has 8 nitrogen and oxygen atoms in total. The van der Waals surface area contributed by atoms with E-state index in [0.717, 1.165) is 11.4 Å². The van der Waals surface area contributed by atoms with Crippen LogP contribution in [-0.2, 0) is 7.05 Å². The van der Waals surface area contributed by atoms with Crippen LogP contribution in [0.1, 0.15) is 46.6 Å². The summed E-state index contributed by atoms with van der Waals surface area (Å²) < 4.78 is 1.90. The smallest absolute Gasteiger partial charge is 0.268 e. The maximum atomic E-state index is 12.7. The van der Waals surface area contributed by atoms with Crippen LogP contribution in [0.15, 0.2) is 49.1 Å². The van der Waals surface area contributed by atoms with Crippen molar-refractivity contribution in [2.45, 2.75) is 19.9 Å². The average Bonchev–Trinajstić information content (AvgIpc) is 3.11. The lowest BCUT2D eigenvalue weighted by atomic mass is 10.0. The monoisotopic (exact) mass is 378 g/mol. The van der Waals surface area contributed by atoms with Crippen molar-refractivity contribution in [3.05, 3.63) is 66.1 Å². The highest BCUT2D eigenvalue weighted by molar-refractivity contribution is 5.95. The van der Waals surface area contributed by atoms with Crippen LogP contribution >= 0.6 is 0 Å². The molecular weight excluding hydrogens is 356 g/mol. The average molecular weight is 378 g/mol. The summed E-state index contributed by atoms with van der Waals surface area (Å²) in [6.07, 6.45) is 6.43. The Balaban J connectivity index is 1.79. The zero-order valence-corrected chi connectivity index (χ0v) is 16.0. The molecule has 3 N–H and O–H groups in total. The number of hydrogen-bond donors (Lipinski definition) is 2. The molecule has 1 atom stereocenters. The first-order valence-electron chi connectivity index (χ1n) is 8.87. The van der Waals surface area contributed by atoms with Crippen molar-refractivity contribution < 1.29 is 9.59 Å². The predicted molar refractivity (Wildman–Crippen MR) is 104 cm³/mol. The number of amides is 2. The number of primary amides is 1. The molecule has 0 fully saturated rings. The SMILES string of the molecule is CC(C)[C@H](NC(=O)c1ccc(-c2cncc(C(N)=O)n2)cc1)c1nccn1C. The maximum Gasteiger partial charge on any atom is 0.268 e. The van der Waals surface area contributed by atoms with E-state index in [1.165, 1.54) is 12.4 Å². The highest BCUT2D eigenvalue weighted by Gasteiger charge is 2.22. The first-order valence-corrected chi connectivity index (χ1v) is 8.87. The van der Waals surface area contributed by atoms with Crippen molar-refractivity contribution in [1.29, 1.82) is 0 Å².